The number of nitrogens with one attached hydrogen (secondary N) is 8. The van der Waals surface area contributed by atoms with Crippen LogP contribution in [0.15, 0.2) is 12.5 Å². The van der Waals surface area contributed by atoms with Gasteiger partial charge in [0.25, 0.3) is 0 Å². The van der Waals surface area contributed by atoms with E-state index in [1.54, 1.807) is 0 Å². The molecular weight excluding hydrogens is 839 g/mol. The van der Waals surface area contributed by atoms with E-state index in [1.807, 2.05) is 0 Å². The van der Waals surface area contributed by atoms with Crippen molar-refractivity contribution in [3.63, 3.8) is 0 Å². The van der Waals surface area contributed by atoms with E-state index in [0.29, 0.717) is 18.0 Å². The van der Waals surface area contributed by atoms with Crippen molar-refractivity contribution in [3.8, 4) is 0 Å². The third-order valence-electron chi connectivity index (χ3n) is 10.2. The van der Waals surface area contributed by atoms with Crippen LogP contribution >= 0.6 is 0 Å². The van der Waals surface area contributed by atoms with Crippen molar-refractivity contribution < 1.29 is 57.8 Å². The summed E-state index contributed by atoms with van der Waals surface area (Å²) in [5, 5.41) is 27.0. The lowest BCUT2D eigenvalue weighted by molar-refractivity contribution is -0.150. The number of esters is 1. The number of H-pyrrole nitrogens is 1. The number of hydrogen-bond acceptors (Lipinski definition) is 13. The molecular formula is C41H67N11O12. The van der Waals surface area contributed by atoms with Crippen LogP contribution in [-0.4, -0.2) is 130 Å². The van der Waals surface area contributed by atoms with Gasteiger partial charge in [0.2, 0.25) is 53.2 Å². The topological polar surface area (TPSA) is 365 Å². The van der Waals surface area contributed by atoms with E-state index in [9.17, 15) is 53.1 Å². The minimum absolute atomic E-state index is 0.151. The number of amides is 9. The molecule has 2 heterocycles. The van der Waals surface area contributed by atoms with Gasteiger partial charge >= 0.3 is 5.97 Å². The number of carbonyl (C=O) groups excluding carboxylic acids is 10. The molecule has 1 aliphatic rings. The highest BCUT2D eigenvalue weighted by atomic mass is 16.5. The lowest BCUT2D eigenvalue weighted by atomic mass is 10.0. The number of carbonyl (C=O) groups is 10. The molecule has 23 nitrogen and oxygen atoms in total. The summed E-state index contributed by atoms with van der Waals surface area (Å²) in [6, 6.07) is -8.87. The number of aromatic amines is 1. The molecule has 1 aliphatic heterocycles. The fourth-order valence-electron chi connectivity index (χ4n) is 6.49. The van der Waals surface area contributed by atoms with Crippen LogP contribution < -0.4 is 48.7 Å². The maximum atomic E-state index is 13.8. The molecule has 0 radical (unpaired) electrons. The van der Waals surface area contributed by atoms with Crippen molar-refractivity contribution in [2.45, 2.75) is 160 Å². The predicted molar refractivity (Wildman–Crippen MR) is 228 cm³/mol. The predicted octanol–water partition coefficient (Wildman–Crippen LogP) is -2.37. The van der Waals surface area contributed by atoms with Crippen LogP contribution in [0.3, 0.4) is 0 Å². The highest BCUT2D eigenvalue weighted by molar-refractivity contribution is 5.97. The second-order valence-corrected chi connectivity index (χ2v) is 16.4. The number of rotatable bonds is 26. The molecule has 9 amide bonds. The maximum Gasteiger partial charge on any atom is 0.328 e. The lowest BCUT2D eigenvalue weighted by Crippen LogP contribution is -2.59. The van der Waals surface area contributed by atoms with Crippen LogP contribution in [0.2, 0.25) is 0 Å². The molecule has 0 bridgehead atoms. The van der Waals surface area contributed by atoms with Crippen LogP contribution in [0.5, 0.6) is 0 Å². The van der Waals surface area contributed by atoms with Gasteiger partial charge in [-0.2, -0.15) is 0 Å². The van der Waals surface area contributed by atoms with Crippen LogP contribution in [0.25, 0.3) is 0 Å². The average molecular weight is 906 g/mol. The average Bonchev–Trinajstić information content (AvgIpc) is 3.74. The van der Waals surface area contributed by atoms with Gasteiger partial charge < -0.3 is 63.5 Å². The molecule has 7 atom stereocenters. The molecule has 23 heteroatoms. The van der Waals surface area contributed by atoms with Crippen molar-refractivity contribution in [1.29, 1.82) is 0 Å². The van der Waals surface area contributed by atoms with E-state index in [2.05, 4.69) is 61.0 Å². The van der Waals surface area contributed by atoms with Crippen LogP contribution in [0, 0.1) is 5.92 Å². The van der Waals surface area contributed by atoms with E-state index in [4.69, 9.17) is 16.2 Å². The molecule has 0 unspecified atom stereocenters. The monoisotopic (exact) mass is 905 g/mol. The normalized spacial score (nSPS) is 19.7. The first-order valence-electron chi connectivity index (χ1n) is 21.7. The minimum atomic E-state index is -1.71. The van der Waals surface area contributed by atoms with E-state index in [1.165, 1.54) is 45.6 Å². The standard InChI is InChI=1S/C41H67N11O12/c1-23(2)12-10-8-6-5-7-9-11-13-33(56)52-35(25(4)53)40(62)45-20-34(57)47-24(3)36(58)51-30-21-64-41(63)28(15-17-32(43)55)49-37(59)27(14-16-31(42)54)48-38(60)29(50-39(30)61)18-26-19-44-22-46-26/h19,22-25,27-30,35,53H,5-18,20-21H2,1-4H3,(H2,42,54)(H2,43,55)(H,44,46)(H,45,62)(H,47,57)(H,48,60)(H,49,59)(H,50,61)(H,51,58)(H,52,56)/t24-,25+,27-,28-,29-,30-,35-/m0/s1. The van der Waals surface area contributed by atoms with Gasteiger partial charge in [0.15, 0.2) is 0 Å². The number of ether oxygens (including phenoxy) is 1. The van der Waals surface area contributed by atoms with Crippen LogP contribution in [0.1, 0.15) is 117 Å². The van der Waals surface area contributed by atoms with E-state index in [-0.39, 0.29) is 32.1 Å². The zero-order valence-corrected chi connectivity index (χ0v) is 37.1. The fourth-order valence-corrected chi connectivity index (χ4v) is 6.49. The van der Waals surface area contributed by atoms with Gasteiger partial charge in [0.05, 0.1) is 19.0 Å². The summed E-state index contributed by atoms with van der Waals surface area (Å²) in [4.78, 5) is 136. The van der Waals surface area contributed by atoms with E-state index < -0.39 is 121 Å². The molecule has 1 aromatic heterocycles. The summed E-state index contributed by atoms with van der Waals surface area (Å²) in [7, 11) is 0. The van der Waals surface area contributed by atoms with Gasteiger partial charge in [-0.05, 0) is 39.0 Å². The van der Waals surface area contributed by atoms with Crippen LogP contribution in [-0.2, 0) is 59.1 Å². The molecule has 0 aliphatic carbocycles. The van der Waals surface area contributed by atoms with Gasteiger partial charge in [0, 0.05) is 37.6 Å². The zero-order chi connectivity index (χ0) is 47.8. The van der Waals surface area contributed by atoms with Crippen molar-refractivity contribution in [2.75, 3.05) is 13.2 Å². The Hall–Kier alpha value is -6.13. The Morgan fingerprint density at radius 3 is 1.92 bits per heavy atom. The summed E-state index contributed by atoms with van der Waals surface area (Å²) < 4.78 is 5.32. The third kappa shape index (κ3) is 21.3. The van der Waals surface area contributed by atoms with Crippen LogP contribution in [0.4, 0.5) is 0 Å². The number of aliphatic hydroxyl groups is 1. The Kier molecular flexibility index (Phi) is 24.1. The summed E-state index contributed by atoms with van der Waals surface area (Å²) in [5.74, 6) is -8.08. The van der Waals surface area contributed by atoms with Gasteiger partial charge in [-0.15, -0.1) is 0 Å². The number of hydrogen-bond donors (Lipinski definition) is 11. The first-order valence-corrected chi connectivity index (χ1v) is 21.7. The first kappa shape index (κ1) is 54.0. The lowest BCUT2D eigenvalue weighted by Gasteiger charge is -2.25. The fraction of sp³-hybridized carbons (Fsp3) is 0.683. The van der Waals surface area contributed by atoms with Gasteiger partial charge in [-0.1, -0.05) is 58.8 Å². The van der Waals surface area contributed by atoms with E-state index >= 15 is 0 Å². The Morgan fingerprint density at radius 2 is 1.33 bits per heavy atom. The SMILES string of the molecule is CC(C)CCCCCCCCCC(=O)N[C@H](C(=O)NCC(=O)N[C@@H](C)C(=O)N[C@H]1COC(=O)[C@H](CCC(N)=O)NC(=O)[C@H](CCC(N)=O)NC(=O)[C@H](Cc2cnc[nH]2)NC1=O)[C@@H](C)O. The van der Waals surface area contributed by atoms with Gasteiger partial charge in [-0.25, -0.2) is 9.78 Å². The summed E-state index contributed by atoms with van der Waals surface area (Å²) in [6.45, 7) is 5.44. The second-order valence-electron chi connectivity index (χ2n) is 16.4. The number of aliphatic hydroxyl groups excluding tert-OH is 1. The number of cyclic esters (lactones) is 1. The quantitative estimate of drug-likeness (QED) is 0.0343. The molecule has 1 aromatic rings. The number of nitrogens with two attached hydrogens (primary N) is 2. The largest absolute Gasteiger partial charge is 0.461 e. The third-order valence-corrected chi connectivity index (χ3v) is 10.2. The molecule has 1 saturated heterocycles. The number of aromatic nitrogens is 2. The summed E-state index contributed by atoms with van der Waals surface area (Å²) in [5.41, 5.74) is 10.9. The number of primary amides is 2. The van der Waals surface area contributed by atoms with Crippen molar-refractivity contribution in [3.05, 3.63) is 18.2 Å². The minimum Gasteiger partial charge on any atom is -0.461 e. The zero-order valence-electron chi connectivity index (χ0n) is 37.1. The molecule has 1 fully saturated rings. The molecule has 0 spiro atoms. The highest BCUT2D eigenvalue weighted by Crippen LogP contribution is 2.13. The summed E-state index contributed by atoms with van der Waals surface area (Å²) in [6.07, 6.45) is 8.15. The molecule has 64 heavy (non-hydrogen) atoms. The highest BCUT2D eigenvalue weighted by Gasteiger charge is 2.35. The van der Waals surface area contributed by atoms with E-state index in [0.717, 1.165) is 25.7 Å². The molecule has 0 aromatic carbocycles. The van der Waals surface area contributed by atoms with Crippen molar-refractivity contribution in [1.82, 2.24) is 47.2 Å². The van der Waals surface area contributed by atoms with Gasteiger partial charge in [0.1, 0.15) is 42.9 Å². The molecule has 0 saturated carbocycles. The smallest absolute Gasteiger partial charge is 0.328 e. The van der Waals surface area contributed by atoms with Crippen molar-refractivity contribution in [2.24, 2.45) is 17.4 Å². The number of nitrogens with zero attached hydrogens (tertiary/aromatic N) is 1. The molecule has 358 valence electrons. The van der Waals surface area contributed by atoms with Gasteiger partial charge in [-0.3, -0.25) is 43.2 Å². The Morgan fingerprint density at radius 1 is 0.750 bits per heavy atom. The maximum absolute atomic E-state index is 13.8. The number of imidazole rings is 1. The molecule has 2 rings (SSSR count). The molecule has 13 N–H and O–H groups in total. The second kappa shape index (κ2) is 28.5. The Bertz CT molecular complexity index is 1740. The first-order chi connectivity index (χ1) is 30.3. The Labute approximate surface area is 372 Å². The Balaban J connectivity index is 2.10. The summed E-state index contributed by atoms with van der Waals surface area (Å²) >= 11 is 0. The van der Waals surface area contributed by atoms with Crippen molar-refractivity contribution >= 4 is 59.1 Å². The number of unbranched alkanes of at least 4 members (excludes halogenated alkanes) is 6.